The Labute approximate surface area is 359 Å². The number of fused-ring (bicyclic) bond motifs is 3. The molecule has 0 radical (unpaired) electrons. The van der Waals surface area contributed by atoms with Crippen LogP contribution in [0.2, 0.25) is 5.02 Å². The Balaban J connectivity index is 1.00. The van der Waals surface area contributed by atoms with Crippen molar-refractivity contribution in [1.29, 1.82) is 0 Å². The molecule has 3 aliphatic carbocycles. The number of aryl methyl sites for hydroxylation is 1. The second-order valence-electron chi connectivity index (χ2n) is 16.8. The molecule has 1 aromatic heterocycles. The van der Waals surface area contributed by atoms with Crippen LogP contribution in [0.3, 0.4) is 0 Å². The average molecular weight is 832 g/mol. The third kappa shape index (κ3) is 9.65. The second kappa shape index (κ2) is 19.4. The van der Waals surface area contributed by atoms with Gasteiger partial charge in [-0.15, -0.1) is 0 Å². The Kier molecular flexibility index (Phi) is 13.8. The lowest BCUT2D eigenvalue weighted by molar-refractivity contribution is -0.144. The summed E-state index contributed by atoms with van der Waals surface area (Å²) in [6.07, 6.45) is 14.5. The van der Waals surface area contributed by atoms with Gasteiger partial charge in [-0.1, -0.05) is 48.9 Å². The number of carboxylic acid groups (broad SMARTS) is 1. The normalized spacial score (nSPS) is 22.3. The number of ether oxygens (including phenoxy) is 2. The standard InChI is InChI=1S/C49H58ClN5O5/c1-33-8-3-14-43-46(33)44(18-23-53-43)60-25-6-11-38-27-36-16-17-41(59-24-7-15-45(56)54-31-34-9-4-10-35(26-34)37(30-51)32-52-2)29-42(36)48(38)19-21-49(22-20-48,47(57)58)55-40-13-5-12-39(50)28-40/h4-5,9-10,12-13,16-18,23,26,28-30,32-33,38,55H,3,6-8,11,14-15,19-22,24-25,27,31,51H2,1-2H3,(H,54,56)(H,57,58)/b37-30+,52-32?/t33-,38?,48?,49?/m1/s1. The number of carbonyl (C=O) groups excluding carboxylic acids is 1. The molecule has 316 valence electrons. The van der Waals surface area contributed by atoms with Gasteiger partial charge in [0.15, 0.2) is 0 Å². The summed E-state index contributed by atoms with van der Waals surface area (Å²) < 4.78 is 12.8. The van der Waals surface area contributed by atoms with E-state index in [-0.39, 0.29) is 11.3 Å². The topological polar surface area (TPSA) is 148 Å². The number of nitrogens with one attached hydrogen (secondary N) is 2. The first-order chi connectivity index (χ1) is 29.1. The molecule has 5 N–H and O–H groups in total. The molecule has 4 aromatic rings. The second-order valence-corrected chi connectivity index (χ2v) is 17.2. The number of hydrogen-bond donors (Lipinski definition) is 4. The molecule has 0 aliphatic heterocycles. The number of aliphatic carboxylic acids is 1. The number of halogens is 1. The van der Waals surface area contributed by atoms with Crippen molar-refractivity contribution in [1.82, 2.24) is 10.3 Å². The molecule has 1 fully saturated rings. The highest BCUT2D eigenvalue weighted by atomic mass is 35.5. The lowest BCUT2D eigenvalue weighted by Gasteiger charge is -2.47. The van der Waals surface area contributed by atoms with E-state index in [9.17, 15) is 14.7 Å². The number of rotatable bonds is 17. The summed E-state index contributed by atoms with van der Waals surface area (Å²) in [7, 11) is 1.70. The molecule has 1 saturated carbocycles. The molecule has 60 heavy (non-hydrogen) atoms. The number of hydrogen-bond acceptors (Lipinski definition) is 8. The minimum atomic E-state index is -1.10. The quantitative estimate of drug-likeness (QED) is 0.0608. The summed E-state index contributed by atoms with van der Waals surface area (Å²) in [6, 6.07) is 23.6. The van der Waals surface area contributed by atoms with Gasteiger partial charge in [0.05, 0.1) is 13.2 Å². The van der Waals surface area contributed by atoms with E-state index in [1.54, 1.807) is 25.4 Å². The molecule has 1 unspecified atom stereocenters. The summed E-state index contributed by atoms with van der Waals surface area (Å²) in [6.45, 7) is 3.71. The van der Waals surface area contributed by atoms with Gasteiger partial charge in [-0.25, -0.2) is 4.79 Å². The molecule has 2 atom stereocenters. The van der Waals surface area contributed by atoms with Crippen molar-refractivity contribution in [3.63, 3.8) is 0 Å². The highest BCUT2D eigenvalue weighted by molar-refractivity contribution is 6.30. The predicted molar refractivity (Wildman–Crippen MR) is 239 cm³/mol. The van der Waals surface area contributed by atoms with Crippen molar-refractivity contribution < 1.29 is 24.2 Å². The number of allylic oxidation sites excluding steroid dienone is 1. The maximum absolute atomic E-state index is 13.0. The van der Waals surface area contributed by atoms with Crippen molar-refractivity contribution in [2.75, 3.05) is 25.6 Å². The number of benzene rings is 3. The molecule has 10 nitrogen and oxygen atoms in total. The van der Waals surface area contributed by atoms with Crippen LogP contribution in [0.4, 0.5) is 5.69 Å². The van der Waals surface area contributed by atoms with Crippen LogP contribution >= 0.6 is 11.6 Å². The van der Waals surface area contributed by atoms with Crippen LogP contribution in [0.1, 0.15) is 111 Å². The Morgan fingerprint density at radius 2 is 1.83 bits per heavy atom. The number of aliphatic imine (C=N–C) groups is 1. The number of carbonyl (C=O) groups is 2. The fourth-order valence-electron chi connectivity index (χ4n) is 9.89. The maximum atomic E-state index is 13.0. The molecular weight excluding hydrogens is 774 g/mol. The largest absolute Gasteiger partial charge is 0.494 e. The van der Waals surface area contributed by atoms with E-state index in [1.165, 1.54) is 35.0 Å². The van der Waals surface area contributed by atoms with Gasteiger partial charge in [0.1, 0.15) is 17.0 Å². The number of nitrogens with zero attached hydrogens (tertiary/aromatic N) is 2. The molecule has 0 saturated heterocycles. The average Bonchev–Trinajstić information content (AvgIpc) is 3.54. The molecular formula is C49H58ClN5O5. The highest BCUT2D eigenvalue weighted by Gasteiger charge is 2.54. The summed E-state index contributed by atoms with van der Waals surface area (Å²) >= 11 is 6.30. The molecule has 1 heterocycles. The van der Waals surface area contributed by atoms with Crippen LogP contribution in [0, 0.1) is 5.92 Å². The first kappa shape index (κ1) is 42.8. The third-order valence-corrected chi connectivity index (χ3v) is 13.3. The predicted octanol–water partition coefficient (Wildman–Crippen LogP) is 9.43. The first-order valence-electron chi connectivity index (χ1n) is 21.5. The van der Waals surface area contributed by atoms with E-state index < -0.39 is 11.5 Å². The molecule has 7 rings (SSSR count). The fourth-order valence-corrected chi connectivity index (χ4v) is 10.1. The molecule has 1 spiro atoms. The molecule has 3 aliphatic rings. The Hall–Kier alpha value is -5.35. The zero-order valence-corrected chi connectivity index (χ0v) is 35.6. The number of amides is 1. The van der Waals surface area contributed by atoms with Gasteiger partial charge < -0.3 is 30.9 Å². The van der Waals surface area contributed by atoms with Gasteiger partial charge in [-0.3, -0.25) is 14.8 Å². The highest BCUT2D eigenvalue weighted by Crippen LogP contribution is 2.56. The minimum absolute atomic E-state index is 0.0396. The van der Waals surface area contributed by atoms with Crippen LogP contribution in [-0.4, -0.2) is 54.0 Å². The lowest BCUT2D eigenvalue weighted by atomic mass is 9.60. The minimum Gasteiger partial charge on any atom is -0.494 e. The number of nitrogens with two attached hydrogens (primary N) is 1. The summed E-state index contributed by atoms with van der Waals surface area (Å²) in [4.78, 5) is 34.6. The van der Waals surface area contributed by atoms with Gasteiger partial charge >= 0.3 is 5.97 Å². The van der Waals surface area contributed by atoms with Gasteiger partial charge in [-0.2, -0.15) is 0 Å². The Morgan fingerprint density at radius 3 is 2.62 bits per heavy atom. The van der Waals surface area contributed by atoms with E-state index in [4.69, 9.17) is 26.8 Å². The Bertz CT molecular complexity index is 2210. The van der Waals surface area contributed by atoms with Gasteiger partial charge in [0, 0.05) is 66.2 Å². The van der Waals surface area contributed by atoms with Crippen molar-refractivity contribution in [2.45, 2.75) is 107 Å². The van der Waals surface area contributed by atoms with Crippen LogP contribution < -0.4 is 25.8 Å². The molecule has 11 heteroatoms. The van der Waals surface area contributed by atoms with E-state index in [2.05, 4.69) is 39.7 Å². The lowest BCUT2D eigenvalue weighted by Crippen LogP contribution is -2.53. The van der Waals surface area contributed by atoms with Crippen LogP contribution in [-0.2, 0) is 34.4 Å². The number of carboxylic acids is 1. The van der Waals surface area contributed by atoms with E-state index in [0.29, 0.717) is 68.0 Å². The Morgan fingerprint density at radius 1 is 1.02 bits per heavy atom. The molecule has 0 bridgehead atoms. The maximum Gasteiger partial charge on any atom is 0.329 e. The van der Waals surface area contributed by atoms with Gasteiger partial charge in [0.2, 0.25) is 5.91 Å². The van der Waals surface area contributed by atoms with E-state index in [0.717, 1.165) is 73.1 Å². The fraction of sp³-hybridized carbons (Fsp3) is 0.429. The molecule has 3 aromatic carbocycles. The summed E-state index contributed by atoms with van der Waals surface area (Å²) in [5.41, 5.74) is 12.9. The van der Waals surface area contributed by atoms with Crippen molar-refractivity contribution >= 4 is 41.0 Å². The monoisotopic (exact) mass is 831 g/mol. The zero-order chi connectivity index (χ0) is 42.1. The summed E-state index contributed by atoms with van der Waals surface area (Å²) in [5.74, 6) is 1.63. The van der Waals surface area contributed by atoms with Crippen molar-refractivity contribution in [2.24, 2.45) is 16.6 Å². The van der Waals surface area contributed by atoms with Gasteiger partial charge in [0.25, 0.3) is 0 Å². The number of anilines is 1. The van der Waals surface area contributed by atoms with Crippen molar-refractivity contribution in [3.8, 4) is 11.5 Å². The van der Waals surface area contributed by atoms with Gasteiger partial charge in [-0.05, 0) is 153 Å². The first-order valence-corrected chi connectivity index (χ1v) is 21.8. The number of aromatic nitrogens is 1. The van der Waals surface area contributed by atoms with E-state index >= 15 is 0 Å². The van der Waals surface area contributed by atoms with Crippen molar-refractivity contribution in [3.05, 3.63) is 124 Å². The van der Waals surface area contributed by atoms with Crippen LogP contribution in [0.5, 0.6) is 11.5 Å². The van der Waals surface area contributed by atoms with Crippen LogP contribution in [0.15, 0.2) is 90.2 Å². The molecule has 1 amide bonds. The zero-order valence-electron chi connectivity index (χ0n) is 34.9. The third-order valence-electron chi connectivity index (χ3n) is 13.0. The number of pyridine rings is 1. The SMILES string of the molecule is CN=C/C(=C\N)c1cccc(CNC(=O)CCCOc2ccc3c(c2)C2(CCC(Nc4cccc(Cl)c4)(C(=O)O)CC2)C(CCCOc2ccnc4c2[C@H](C)CCC4)C3)c1. The van der Waals surface area contributed by atoms with E-state index in [1.807, 2.05) is 54.7 Å². The smallest absolute Gasteiger partial charge is 0.329 e. The van der Waals surface area contributed by atoms with Crippen LogP contribution in [0.25, 0.3) is 5.57 Å². The summed E-state index contributed by atoms with van der Waals surface area (Å²) in [5, 5.41) is 17.7.